The molecule has 7 nitrogen and oxygen atoms in total. The van der Waals surface area contributed by atoms with Crippen molar-refractivity contribution >= 4 is 17.8 Å². The summed E-state index contributed by atoms with van der Waals surface area (Å²) in [4.78, 5) is 34.5. The van der Waals surface area contributed by atoms with Gasteiger partial charge in [0.15, 0.2) is 0 Å². The van der Waals surface area contributed by atoms with E-state index in [1.165, 1.54) is 0 Å². The normalized spacial score (nSPS) is 12.5. The van der Waals surface area contributed by atoms with Gasteiger partial charge in [0.1, 0.15) is 6.04 Å². The molecule has 0 aliphatic heterocycles. The van der Waals surface area contributed by atoms with Crippen molar-refractivity contribution in [1.29, 1.82) is 5.26 Å². The Bertz CT molecular complexity index is 580. The van der Waals surface area contributed by atoms with E-state index in [-0.39, 0.29) is 13.0 Å². The van der Waals surface area contributed by atoms with E-state index in [0.717, 1.165) is 0 Å². The van der Waals surface area contributed by atoms with E-state index in [0.29, 0.717) is 5.56 Å². The van der Waals surface area contributed by atoms with E-state index in [4.69, 9.17) is 10.4 Å². The highest BCUT2D eigenvalue weighted by atomic mass is 16.4. The average molecular weight is 303 g/mol. The predicted octanol–water partition coefficient (Wildman–Crippen LogP) is 0.536. The number of nitriles is 1. The summed E-state index contributed by atoms with van der Waals surface area (Å²) in [6, 6.07) is 9.10. The number of carboxylic acids is 1. The Balaban J connectivity index is 2.49. The van der Waals surface area contributed by atoms with E-state index in [2.05, 4.69) is 10.6 Å². The SMILES string of the molecule is C[C@@H](C#N)C[C@@H](NC(=O)CNC(=O)c1ccccc1)C(=O)O. The molecule has 1 rings (SSSR count). The number of carboxylic acid groups (broad SMARTS) is 1. The van der Waals surface area contributed by atoms with E-state index in [9.17, 15) is 14.4 Å². The second-order valence-electron chi connectivity index (χ2n) is 4.77. The van der Waals surface area contributed by atoms with Crippen LogP contribution in [0, 0.1) is 17.2 Å². The van der Waals surface area contributed by atoms with Crippen molar-refractivity contribution in [3.63, 3.8) is 0 Å². The van der Waals surface area contributed by atoms with Gasteiger partial charge in [0.2, 0.25) is 5.91 Å². The molecule has 0 radical (unpaired) electrons. The van der Waals surface area contributed by atoms with Crippen LogP contribution in [0.3, 0.4) is 0 Å². The van der Waals surface area contributed by atoms with Gasteiger partial charge in [0, 0.05) is 11.5 Å². The first-order chi connectivity index (χ1) is 10.4. The third-order valence-corrected chi connectivity index (χ3v) is 2.89. The highest BCUT2D eigenvalue weighted by Gasteiger charge is 2.22. The molecule has 22 heavy (non-hydrogen) atoms. The second-order valence-corrected chi connectivity index (χ2v) is 4.77. The molecule has 0 unspecified atom stereocenters. The van der Waals surface area contributed by atoms with E-state index in [1.54, 1.807) is 37.3 Å². The highest BCUT2D eigenvalue weighted by Crippen LogP contribution is 2.05. The van der Waals surface area contributed by atoms with E-state index < -0.39 is 29.7 Å². The average Bonchev–Trinajstić information content (AvgIpc) is 2.52. The molecule has 1 aromatic carbocycles. The number of nitrogens with one attached hydrogen (secondary N) is 2. The zero-order valence-corrected chi connectivity index (χ0v) is 12.1. The van der Waals surface area contributed by atoms with Crippen LogP contribution in [0.4, 0.5) is 0 Å². The van der Waals surface area contributed by atoms with Crippen LogP contribution < -0.4 is 10.6 Å². The van der Waals surface area contributed by atoms with Crippen molar-refractivity contribution in [1.82, 2.24) is 10.6 Å². The molecule has 0 saturated heterocycles. The first kappa shape index (κ1) is 17.2. The summed E-state index contributed by atoms with van der Waals surface area (Å²) in [7, 11) is 0. The van der Waals surface area contributed by atoms with Crippen LogP contribution >= 0.6 is 0 Å². The standard InChI is InChI=1S/C15H17N3O4/c1-10(8-16)7-12(15(21)22)18-13(19)9-17-14(20)11-5-3-2-4-6-11/h2-6,10,12H,7,9H2,1H3,(H,17,20)(H,18,19)(H,21,22)/t10-,12-/m1/s1. The summed E-state index contributed by atoms with van der Waals surface area (Å²) >= 11 is 0. The fraction of sp³-hybridized carbons (Fsp3) is 0.333. The Morgan fingerprint density at radius 3 is 2.45 bits per heavy atom. The molecular weight excluding hydrogens is 286 g/mol. The molecule has 0 aliphatic carbocycles. The van der Waals surface area contributed by atoms with Crippen molar-refractivity contribution in [2.75, 3.05) is 6.54 Å². The summed E-state index contributed by atoms with van der Waals surface area (Å²) < 4.78 is 0. The van der Waals surface area contributed by atoms with Crippen molar-refractivity contribution in [2.45, 2.75) is 19.4 Å². The lowest BCUT2D eigenvalue weighted by molar-refractivity contribution is -0.142. The number of aliphatic carboxylic acids is 1. The molecule has 0 saturated carbocycles. The number of hydrogen-bond donors (Lipinski definition) is 3. The Morgan fingerprint density at radius 2 is 1.91 bits per heavy atom. The number of amides is 2. The Morgan fingerprint density at radius 1 is 1.27 bits per heavy atom. The van der Waals surface area contributed by atoms with Gasteiger partial charge in [-0.3, -0.25) is 9.59 Å². The van der Waals surface area contributed by atoms with Gasteiger partial charge in [-0.2, -0.15) is 5.26 Å². The molecule has 7 heteroatoms. The largest absolute Gasteiger partial charge is 0.480 e. The van der Waals surface area contributed by atoms with Gasteiger partial charge in [0.25, 0.3) is 5.91 Å². The van der Waals surface area contributed by atoms with Gasteiger partial charge in [-0.25, -0.2) is 4.79 Å². The minimum Gasteiger partial charge on any atom is -0.480 e. The molecule has 3 N–H and O–H groups in total. The van der Waals surface area contributed by atoms with Crippen LogP contribution in [0.15, 0.2) is 30.3 Å². The van der Waals surface area contributed by atoms with Crippen molar-refractivity contribution in [3.8, 4) is 6.07 Å². The van der Waals surface area contributed by atoms with Gasteiger partial charge in [-0.1, -0.05) is 18.2 Å². The number of nitrogens with zero attached hydrogens (tertiary/aromatic N) is 1. The van der Waals surface area contributed by atoms with Crippen molar-refractivity contribution < 1.29 is 19.5 Å². The Kier molecular flexibility index (Phi) is 6.57. The summed E-state index contributed by atoms with van der Waals surface area (Å²) in [6.45, 7) is 1.23. The zero-order chi connectivity index (χ0) is 16.5. The minimum atomic E-state index is -1.22. The van der Waals surface area contributed by atoms with Gasteiger partial charge in [-0.15, -0.1) is 0 Å². The maximum Gasteiger partial charge on any atom is 0.326 e. The number of carbonyl (C=O) groups is 3. The smallest absolute Gasteiger partial charge is 0.326 e. The van der Waals surface area contributed by atoms with E-state index in [1.807, 2.05) is 6.07 Å². The van der Waals surface area contributed by atoms with E-state index >= 15 is 0 Å². The first-order valence-electron chi connectivity index (χ1n) is 6.69. The molecule has 0 fully saturated rings. The van der Waals surface area contributed by atoms with Gasteiger partial charge in [0.05, 0.1) is 12.6 Å². The molecular formula is C15H17N3O4. The molecule has 116 valence electrons. The fourth-order valence-corrected chi connectivity index (χ4v) is 1.73. The zero-order valence-electron chi connectivity index (χ0n) is 12.1. The molecule has 0 heterocycles. The molecule has 0 aromatic heterocycles. The maximum absolute atomic E-state index is 11.7. The number of rotatable bonds is 7. The lowest BCUT2D eigenvalue weighted by atomic mass is 10.0. The summed E-state index contributed by atoms with van der Waals surface area (Å²) in [5.41, 5.74) is 0.406. The summed E-state index contributed by atoms with van der Waals surface area (Å²) in [5, 5.41) is 22.4. The number of carbonyl (C=O) groups excluding carboxylic acids is 2. The maximum atomic E-state index is 11.7. The van der Waals surface area contributed by atoms with Crippen LogP contribution in [0.25, 0.3) is 0 Å². The topological polar surface area (TPSA) is 119 Å². The lowest BCUT2D eigenvalue weighted by Gasteiger charge is -2.15. The summed E-state index contributed by atoms with van der Waals surface area (Å²) in [6.07, 6.45) is 0.00417. The van der Waals surface area contributed by atoms with Crippen molar-refractivity contribution in [2.24, 2.45) is 5.92 Å². The number of hydrogen-bond acceptors (Lipinski definition) is 4. The predicted molar refractivity (Wildman–Crippen MR) is 77.7 cm³/mol. The van der Waals surface area contributed by atoms with Gasteiger partial charge < -0.3 is 15.7 Å². The molecule has 0 bridgehead atoms. The van der Waals surface area contributed by atoms with Crippen molar-refractivity contribution in [3.05, 3.63) is 35.9 Å². The minimum absolute atomic E-state index is 0.00417. The van der Waals surface area contributed by atoms with Crippen LogP contribution in [0.5, 0.6) is 0 Å². The highest BCUT2D eigenvalue weighted by molar-refractivity contribution is 5.96. The second kappa shape index (κ2) is 8.42. The van der Waals surface area contributed by atoms with Gasteiger partial charge >= 0.3 is 5.97 Å². The molecule has 2 amide bonds. The number of benzene rings is 1. The first-order valence-corrected chi connectivity index (χ1v) is 6.69. The van der Waals surface area contributed by atoms with Crippen LogP contribution in [0.2, 0.25) is 0 Å². The molecule has 0 aliphatic rings. The third-order valence-electron chi connectivity index (χ3n) is 2.89. The Labute approximate surface area is 127 Å². The van der Waals surface area contributed by atoms with Crippen LogP contribution in [0.1, 0.15) is 23.7 Å². The van der Waals surface area contributed by atoms with Gasteiger partial charge in [-0.05, 0) is 25.5 Å². The fourth-order valence-electron chi connectivity index (χ4n) is 1.73. The molecule has 0 spiro atoms. The monoisotopic (exact) mass is 303 g/mol. The molecule has 1 aromatic rings. The lowest BCUT2D eigenvalue weighted by Crippen LogP contribution is -2.46. The summed E-state index contributed by atoms with van der Waals surface area (Å²) in [5.74, 6) is -2.76. The Hall–Kier alpha value is -2.88. The third kappa shape index (κ3) is 5.63. The quantitative estimate of drug-likeness (QED) is 0.679. The van der Waals surface area contributed by atoms with Crippen LogP contribution in [-0.2, 0) is 9.59 Å². The van der Waals surface area contributed by atoms with Crippen LogP contribution in [-0.4, -0.2) is 35.5 Å². The molecule has 2 atom stereocenters.